The molecule has 1 atom stereocenters. The maximum atomic E-state index is 12.6. The SMILES string of the molecule is CC(=O)N1CCN(C(=O)CCCN(C)c2ccccc2)C[C@@H]1C(=O)N(C)C. The minimum absolute atomic E-state index is 0.0382. The minimum atomic E-state index is -0.595. The maximum Gasteiger partial charge on any atom is 0.246 e. The number of rotatable bonds is 6. The summed E-state index contributed by atoms with van der Waals surface area (Å²) in [6.07, 6.45) is 1.17. The fraction of sp³-hybridized carbons (Fsp3) is 0.550. The Balaban J connectivity index is 1.88. The lowest BCUT2D eigenvalue weighted by atomic mass is 10.1. The van der Waals surface area contributed by atoms with Crippen LogP contribution in [0, 0.1) is 0 Å². The number of carbonyl (C=O) groups is 3. The average molecular weight is 374 g/mol. The standard InChI is InChI=1S/C20H30N4O3/c1-16(25)24-14-13-23(15-18(24)20(27)21(2)3)19(26)11-8-12-22(4)17-9-6-5-7-10-17/h5-7,9-10,18H,8,11-15H2,1-4H3/t18-/m1/s1. The Morgan fingerprint density at radius 3 is 2.33 bits per heavy atom. The summed E-state index contributed by atoms with van der Waals surface area (Å²) in [6, 6.07) is 9.45. The van der Waals surface area contributed by atoms with Crippen molar-refractivity contribution in [3.63, 3.8) is 0 Å². The molecule has 0 aromatic heterocycles. The van der Waals surface area contributed by atoms with Crippen LogP contribution in [-0.2, 0) is 14.4 Å². The zero-order chi connectivity index (χ0) is 20.0. The Bertz CT molecular complexity index is 662. The van der Waals surface area contributed by atoms with Crippen LogP contribution in [0.2, 0.25) is 0 Å². The quantitative estimate of drug-likeness (QED) is 0.747. The van der Waals surface area contributed by atoms with Crippen molar-refractivity contribution >= 4 is 23.4 Å². The molecule has 0 aliphatic carbocycles. The normalized spacial score (nSPS) is 16.8. The van der Waals surface area contributed by atoms with E-state index in [1.807, 2.05) is 37.4 Å². The lowest BCUT2D eigenvalue weighted by Crippen LogP contribution is -2.61. The Kier molecular flexibility index (Phi) is 7.21. The molecule has 7 heteroatoms. The largest absolute Gasteiger partial charge is 0.375 e. The van der Waals surface area contributed by atoms with Crippen LogP contribution < -0.4 is 4.90 Å². The van der Waals surface area contributed by atoms with E-state index in [4.69, 9.17) is 0 Å². The van der Waals surface area contributed by atoms with Crippen LogP contribution in [0.1, 0.15) is 19.8 Å². The molecule has 1 aromatic rings. The molecule has 7 nitrogen and oxygen atoms in total. The molecule has 1 fully saturated rings. The van der Waals surface area contributed by atoms with Gasteiger partial charge in [0, 0.05) is 59.8 Å². The van der Waals surface area contributed by atoms with Crippen molar-refractivity contribution in [1.29, 1.82) is 0 Å². The van der Waals surface area contributed by atoms with Gasteiger partial charge in [0.15, 0.2) is 0 Å². The molecule has 3 amide bonds. The first-order chi connectivity index (χ1) is 12.8. The predicted molar refractivity (Wildman–Crippen MR) is 105 cm³/mol. The number of amides is 3. The van der Waals surface area contributed by atoms with Crippen LogP contribution >= 0.6 is 0 Å². The van der Waals surface area contributed by atoms with Crippen LogP contribution in [0.4, 0.5) is 5.69 Å². The highest BCUT2D eigenvalue weighted by atomic mass is 16.2. The molecule has 1 aliphatic heterocycles. The van der Waals surface area contributed by atoms with Crippen molar-refractivity contribution in [2.24, 2.45) is 0 Å². The van der Waals surface area contributed by atoms with Crippen molar-refractivity contribution < 1.29 is 14.4 Å². The number of para-hydroxylation sites is 1. The summed E-state index contributed by atoms with van der Waals surface area (Å²) in [4.78, 5) is 43.8. The van der Waals surface area contributed by atoms with Crippen molar-refractivity contribution in [2.75, 3.05) is 52.2 Å². The highest BCUT2D eigenvalue weighted by Crippen LogP contribution is 2.15. The van der Waals surface area contributed by atoms with Gasteiger partial charge in [0.1, 0.15) is 6.04 Å². The molecule has 1 aromatic carbocycles. The Morgan fingerprint density at radius 2 is 1.74 bits per heavy atom. The van der Waals surface area contributed by atoms with Crippen molar-refractivity contribution in [3.8, 4) is 0 Å². The zero-order valence-corrected chi connectivity index (χ0v) is 16.7. The van der Waals surface area contributed by atoms with Gasteiger partial charge in [-0.05, 0) is 18.6 Å². The molecular weight excluding hydrogens is 344 g/mol. The van der Waals surface area contributed by atoms with E-state index in [0.717, 1.165) is 18.7 Å². The van der Waals surface area contributed by atoms with Gasteiger partial charge in [0.25, 0.3) is 0 Å². The predicted octanol–water partition coefficient (Wildman–Crippen LogP) is 1.05. The second kappa shape index (κ2) is 9.39. The second-order valence-electron chi connectivity index (χ2n) is 7.16. The molecule has 0 unspecified atom stereocenters. The fourth-order valence-electron chi connectivity index (χ4n) is 3.33. The Labute approximate surface area is 161 Å². The number of piperazine rings is 1. The maximum absolute atomic E-state index is 12.6. The molecule has 1 saturated heterocycles. The third kappa shape index (κ3) is 5.45. The summed E-state index contributed by atoms with van der Waals surface area (Å²) in [5, 5.41) is 0. The Morgan fingerprint density at radius 1 is 1.07 bits per heavy atom. The first kappa shape index (κ1) is 20.7. The van der Waals surface area contributed by atoms with Gasteiger partial charge in [-0.3, -0.25) is 14.4 Å². The van der Waals surface area contributed by atoms with Gasteiger partial charge in [-0.1, -0.05) is 18.2 Å². The van der Waals surface area contributed by atoms with Crippen LogP contribution in [0.3, 0.4) is 0 Å². The molecular formula is C20H30N4O3. The second-order valence-corrected chi connectivity index (χ2v) is 7.16. The van der Waals surface area contributed by atoms with Crippen molar-refractivity contribution in [2.45, 2.75) is 25.8 Å². The molecule has 0 bridgehead atoms. The average Bonchev–Trinajstić information content (AvgIpc) is 2.67. The molecule has 0 saturated carbocycles. The van der Waals surface area contributed by atoms with Gasteiger partial charge in [-0.15, -0.1) is 0 Å². The monoisotopic (exact) mass is 374 g/mol. The third-order valence-corrected chi connectivity index (χ3v) is 4.94. The van der Waals surface area contributed by atoms with E-state index in [0.29, 0.717) is 19.5 Å². The summed E-state index contributed by atoms with van der Waals surface area (Å²) < 4.78 is 0. The van der Waals surface area contributed by atoms with Crippen LogP contribution in [0.5, 0.6) is 0 Å². The summed E-state index contributed by atoms with van der Waals surface area (Å²) >= 11 is 0. The van der Waals surface area contributed by atoms with E-state index in [-0.39, 0.29) is 24.3 Å². The molecule has 2 rings (SSSR count). The summed E-state index contributed by atoms with van der Waals surface area (Å²) in [5.74, 6) is -0.241. The molecule has 0 radical (unpaired) electrons. The van der Waals surface area contributed by atoms with Crippen LogP contribution in [0.25, 0.3) is 0 Å². The van der Waals surface area contributed by atoms with E-state index in [9.17, 15) is 14.4 Å². The fourth-order valence-corrected chi connectivity index (χ4v) is 3.33. The third-order valence-electron chi connectivity index (χ3n) is 4.94. The summed E-state index contributed by atoms with van der Waals surface area (Å²) in [5.41, 5.74) is 1.12. The topological polar surface area (TPSA) is 64.2 Å². The Hall–Kier alpha value is -2.57. The summed E-state index contributed by atoms with van der Waals surface area (Å²) in [6.45, 7) is 3.39. The first-order valence-corrected chi connectivity index (χ1v) is 9.33. The van der Waals surface area contributed by atoms with Crippen molar-refractivity contribution in [1.82, 2.24) is 14.7 Å². The number of benzene rings is 1. The van der Waals surface area contributed by atoms with E-state index < -0.39 is 6.04 Å². The smallest absolute Gasteiger partial charge is 0.246 e. The van der Waals surface area contributed by atoms with Crippen LogP contribution in [-0.4, -0.2) is 85.8 Å². The van der Waals surface area contributed by atoms with Gasteiger partial charge in [0.05, 0.1) is 6.54 Å². The molecule has 0 spiro atoms. The summed E-state index contributed by atoms with van der Waals surface area (Å²) in [7, 11) is 5.35. The molecule has 1 heterocycles. The van der Waals surface area contributed by atoms with Gasteiger partial charge in [-0.2, -0.15) is 0 Å². The minimum Gasteiger partial charge on any atom is -0.375 e. The number of anilines is 1. The molecule has 0 N–H and O–H groups in total. The number of carbonyl (C=O) groups excluding carboxylic acids is 3. The number of likely N-dealkylation sites (N-methyl/N-ethyl adjacent to an activating group) is 1. The highest BCUT2D eigenvalue weighted by Gasteiger charge is 2.36. The van der Waals surface area contributed by atoms with E-state index in [2.05, 4.69) is 4.90 Å². The van der Waals surface area contributed by atoms with Crippen molar-refractivity contribution in [3.05, 3.63) is 30.3 Å². The first-order valence-electron chi connectivity index (χ1n) is 9.33. The van der Waals surface area contributed by atoms with Gasteiger partial charge < -0.3 is 19.6 Å². The van der Waals surface area contributed by atoms with E-state index >= 15 is 0 Å². The van der Waals surface area contributed by atoms with Crippen LogP contribution in [0.15, 0.2) is 30.3 Å². The number of nitrogens with zero attached hydrogens (tertiary/aromatic N) is 4. The molecule has 148 valence electrons. The lowest BCUT2D eigenvalue weighted by molar-refractivity contribution is -0.150. The molecule has 27 heavy (non-hydrogen) atoms. The van der Waals surface area contributed by atoms with Gasteiger partial charge in [0.2, 0.25) is 17.7 Å². The van der Waals surface area contributed by atoms with Gasteiger partial charge in [-0.25, -0.2) is 0 Å². The van der Waals surface area contributed by atoms with E-state index in [1.54, 1.807) is 23.9 Å². The number of hydrogen-bond acceptors (Lipinski definition) is 4. The van der Waals surface area contributed by atoms with E-state index in [1.165, 1.54) is 11.8 Å². The highest BCUT2D eigenvalue weighted by molar-refractivity contribution is 5.88. The number of hydrogen-bond donors (Lipinski definition) is 0. The lowest BCUT2D eigenvalue weighted by Gasteiger charge is -2.41. The zero-order valence-electron chi connectivity index (χ0n) is 16.7. The molecule has 1 aliphatic rings. The van der Waals surface area contributed by atoms with Gasteiger partial charge >= 0.3 is 0 Å².